The summed E-state index contributed by atoms with van der Waals surface area (Å²) < 4.78 is 11.2. The number of benzene rings is 1. The second-order valence-electron chi connectivity index (χ2n) is 5.81. The molecule has 1 saturated carbocycles. The molecular formula is C18H22N2O3. The summed E-state index contributed by atoms with van der Waals surface area (Å²) in [6.07, 6.45) is 3.41. The zero-order chi connectivity index (χ0) is 16.2. The maximum Gasteiger partial charge on any atom is 0.273 e. The number of amides is 1. The van der Waals surface area contributed by atoms with Crippen LogP contribution in [0.5, 0.6) is 5.75 Å². The smallest absolute Gasteiger partial charge is 0.273 e. The Bertz CT molecular complexity index is 689. The molecule has 1 aromatic carbocycles. The molecule has 1 fully saturated rings. The average Bonchev–Trinajstić information content (AvgIpc) is 2.86. The summed E-state index contributed by atoms with van der Waals surface area (Å²) in [6.45, 7) is 4.73. The first kappa shape index (κ1) is 15.6. The molecule has 5 heteroatoms. The molecule has 0 aliphatic heterocycles. The average molecular weight is 314 g/mol. The van der Waals surface area contributed by atoms with Crippen LogP contribution in [0, 0.1) is 6.92 Å². The molecule has 1 heterocycles. The maximum absolute atomic E-state index is 12.4. The normalized spacial score (nSPS) is 14.3. The predicted molar refractivity (Wildman–Crippen MR) is 86.6 cm³/mol. The molecule has 2 aromatic rings. The predicted octanol–water partition coefficient (Wildman–Crippen LogP) is 3.58. The van der Waals surface area contributed by atoms with E-state index in [1.165, 1.54) is 6.42 Å². The highest BCUT2D eigenvalue weighted by atomic mass is 16.5. The van der Waals surface area contributed by atoms with E-state index in [2.05, 4.69) is 10.3 Å². The molecule has 1 N–H and O–H groups in total. The van der Waals surface area contributed by atoms with Gasteiger partial charge in [0.1, 0.15) is 11.5 Å². The van der Waals surface area contributed by atoms with E-state index in [0.29, 0.717) is 36.4 Å². The van der Waals surface area contributed by atoms with Crippen LogP contribution in [0.1, 0.15) is 59.8 Å². The second-order valence-corrected chi connectivity index (χ2v) is 5.81. The van der Waals surface area contributed by atoms with Crippen molar-refractivity contribution in [3.63, 3.8) is 0 Å². The fourth-order valence-corrected chi connectivity index (χ4v) is 2.66. The van der Waals surface area contributed by atoms with Crippen molar-refractivity contribution in [3.05, 3.63) is 47.2 Å². The minimum Gasteiger partial charge on any atom is -0.494 e. The molecule has 3 rings (SSSR count). The van der Waals surface area contributed by atoms with Gasteiger partial charge in [0.15, 0.2) is 11.6 Å². The van der Waals surface area contributed by atoms with Crippen LogP contribution in [0.3, 0.4) is 0 Å². The van der Waals surface area contributed by atoms with Gasteiger partial charge in [0.2, 0.25) is 0 Å². The number of nitrogens with zero attached hydrogens (tertiary/aromatic N) is 1. The van der Waals surface area contributed by atoms with Crippen LogP contribution in [0.2, 0.25) is 0 Å². The summed E-state index contributed by atoms with van der Waals surface area (Å²) in [5.74, 6) is 2.26. The Labute approximate surface area is 136 Å². The Morgan fingerprint density at radius 1 is 1.39 bits per heavy atom. The molecule has 0 unspecified atom stereocenters. The van der Waals surface area contributed by atoms with Crippen LogP contribution in [0.4, 0.5) is 0 Å². The van der Waals surface area contributed by atoms with Crippen LogP contribution >= 0.6 is 0 Å². The number of rotatable bonds is 6. The summed E-state index contributed by atoms with van der Waals surface area (Å²) in [7, 11) is 0. The minimum absolute atomic E-state index is 0.205. The minimum atomic E-state index is -0.205. The molecule has 1 aliphatic carbocycles. The molecule has 5 nitrogen and oxygen atoms in total. The highest BCUT2D eigenvalue weighted by Gasteiger charge is 2.27. The first-order valence-corrected chi connectivity index (χ1v) is 8.15. The van der Waals surface area contributed by atoms with Gasteiger partial charge in [0.25, 0.3) is 5.91 Å². The van der Waals surface area contributed by atoms with Gasteiger partial charge in [-0.05, 0) is 32.8 Å². The lowest BCUT2D eigenvalue weighted by atomic mass is 9.85. The first-order chi connectivity index (χ1) is 11.2. The highest BCUT2D eigenvalue weighted by molar-refractivity contribution is 5.93. The van der Waals surface area contributed by atoms with E-state index < -0.39 is 0 Å². The SMILES string of the molecule is CCOc1ccccc1CNC(=O)c1nc(C2CCC2)oc1C. The standard InChI is InChI=1S/C18H22N2O3/c1-3-22-15-10-5-4-7-14(15)11-19-17(21)16-12(2)23-18(20-16)13-8-6-9-13/h4-5,7,10,13H,3,6,8-9,11H2,1-2H3,(H,19,21). The Morgan fingerprint density at radius 2 is 2.17 bits per heavy atom. The van der Waals surface area contributed by atoms with Gasteiger partial charge in [-0.25, -0.2) is 4.98 Å². The Kier molecular flexibility index (Phi) is 4.65. The number of oxazole rings is 1. The number of hydrogen-bond acceptors (Lipinski definition) is 4. The third kappa shape index (κ3) is 3.38. The molecular weight excluding hydrogens is 292 g/mol. The Balaban J connectivity index is 1.66. The van der Waals surface area contributed by atoms with Crippen LogP contribution in [0.25, 0.3) is 0 Å². The summed E-state index contributed by atoms with van der Waals surface area (Å²) in [4.78, 5) is 16.8. The molecule has 0 bridgehead atoms. The van der Waals surface area contributed by atoms with Gasteiger partial charge in [0, 0.05) is 18.0 Å². The summed E-state index contributed by atoms with van der Waals surface area (Å²) in [5.41, 5.74) is 1.34. The molecule has 1 aliphatic rings. The molecule has 1 aromatic heterocycles. The first-order valence-electron chi connectivity index (χ1n) is 8.15. The van der Waals surface area contributed by atoms with Gasteiger partial charge in [-0.3, -0.25) is 4.79 Å². The van der Waals surface area contributed by atoms with E-state index in [1.54, 1.807) is 6.92 Å². The Morgan fingerprint density at radius 3 is 2.87 bits per heavy atom. The molecule has 0 atom stereocenters. The molecule has 0 saturated heterocycles. The number of nitrogens with one attached hydrogen (secondary N) is 1. The van der Waals surface area contributed by atoms with Crippen LogP contribution < -0.4 is 10.1 Å². The molecule has 0 radical (unpaired) electrons. The van der Waals surface area contributed by atoms with Gasteiger partial charge in [0.05, 0.1) is 6.61 Å². The van der Waals surface area contributed by atoms with Gasteiger partial charge in [-0.15, -0.1) is 0 Å². The van der Waals surface area contributed by atoms with Crippen molar-refractivity contribution in [1.29, 1.82) is 0 Å². The number of aromatic nitrogens is 1. The number of ether oxygens (including phenoxy) is 1. The lowest BCUT2D eigenvalue weighted by Crippen LogP contribution is -2.24. The quantitative estimate of drug-likeness (QED) is 0.885. The van der Waals surface area contributed by atoms with Crippen molar-refractivity contribution in [3.8, 4) is 5.75 Å². The summed E-state index contributed by atoms with van der Waals surface area (Å²) >= 11 is 0. The van der Waals surface area contributed by atoms with Gasteiger partial charge >= 0.3 is 0 Å². The largest absolute Gasteiger partial charge is 0.494 e. The molecule has 23 heavy (non-hydrogen) atoms. The third-order valence-electron chi connectivity index (χ3n) is 4.19. The van der Waals surface area contributed by atoms with Crippen molar-refractivity contribution in [1.82, 2.24) is 10.3 Å². The van der Waals surface area contributed by atoms with E-state index >= 15 is 0 Å². The Hall–Kier alpha value is -2.30. The van der Waals surface area contributed by atoms with Crippen molar-refractivity contribution < 1.29 is 13.9 Å². The van der Waals surface area contributed by atoms with Crippen molar-refractivity contribution in [2.24, 2.45) is 0 Å². The van der Waals surface area contributed by atoms with Crippen LogP contribution in [-0.4, -0.2) is 17.5 Å². The van der Waals surface area contributed by atoms with E-state index in [4.69, 9.17) is 9.15 Å². The maximum atomic E-state index is 12.4. The van der Waals surface area contributed by atoms with Gasteiger partial charge < -0.3 is 14.5 Å². The molecule has 0 spiro atoms. The zero-order valence-corrected chi connectivity index (χ0v) is 13.6. The topological polar surface area (TPSA) is 64.4 Å². The van der Waals surface area contributed by atoms with Crippen LogP contribution in [0.15, 0.2) is 28.7 Å². The van der Waals surface area contributed by atoms with Gasteiger partial charge in [-0.2, -0.15) is 0 Å². The third-order valence-corrected chi connectivity index (χ3v) is 4.19. The van der Waals surface area contributed by atoms with Crippen LogP contribution in [-0.2, 0) is 6.54 Å². The second kappa shape index (κ2) is 6.86. The fourth-order valence-electron chi connectivity index (χ4n) is 2.66. The van der Waals surface area contributed by atoms with Crippen molar-refractivity contribution >= 4 is 5.91 Å². The summed E-state index contributed by atoms with van der Waals surface area (Å²) in [6, 6.07) is 7.70. The van der Waals surface area contributed by atoms with E-state index in [9.17, 15) is 4.79 Å². The number of carbonyl (C=O) groups excluding carboxylic acids is 1. The number of aryl methyl sites for hydroxylation is 1. The van der Waals surface area contributed by atoms with E-state index in [0.717, 1.165) is 24.2 Å². The van der Waals surface area contributed by atoms with Crippen molar-refractivity contribution in [2.75, 3.05) is 6.61 Å². The monoisotopic (exact) mass is 314 g/mol. The number of para-hydroxylation sites is 1. The molecule has 1 amide bonds. The zero-order valence-electron chi connectivity index (χ0n) is 13.6. The van der Waals surface area contributed by atoms with Gasteiger partial charge in [-0.1, -0.05) is 24.6 Å². The van der Waals surface area contributed by atoms with Crippen molar-refractivity contribution in [2.45, 2.75) is 45.6 Å². The van der Waals surface area contributed by atoms with E-state index in [-0.39, 0.29) is 5.91 Å². The van der Waals surface area contributed by atoms with E-state index in [1.807, 2.05) is 31.2 Å². The highest BCUT2D eigenvalue weighted by Crippen LogP contribution is 2.36. The lowest BCUT2D eigenvalue weighted by Gasteiger charge is -2.21. The number of hydrogen-bond donors (Lipinski definition) is 1. The fraction of sp³-hybridized carbons (Fsp3) is 0.444. The number of carbonyl (C=O) groups is 1. The lowest BCUT2D eigenvalue weighted by molar-refractivity contribution is 0.0944. The molecule has 122 valence electrons. The summed E-state index contributed by atoms with van der Waals surface area (Å²) in [5, 5.41) is 2.90.